The molecule has 3 nitrogen and oxygen atoms in total. The van der Waals surface area contributed by atoms with Crippen LogP contribution < -0.4 is 5.73 Å². The highest BCUT2D eigenvalue weighted by atomic mass is 16.2. The molecule has 0 radical (unpaired) electrons. The molecule has 19 heavy (non-hydrogen) atoms. The Kier molecular flexibility index (Phi) is 4.88. The molecule has 2 N–H and O–H groups in total. The molecule has 1 saturated carbocycles. The van der Waals surface area contributed by atoms with Crippen molar-refractivity contribution < 1.29 is 4.79 Å². The zero-order valence-corrected chi connectivity index (χ0v) is 12.7. The lowest BCUT2D eigenvalue weighted by atomic mass is 9.82. The maximum absolute atomic E-state index is 12.3. The molecule has 1 amide bonds. The molecule has 2 fully saturated rings. The number of piperidine rings is 1. The number of carbonyl (C=O) groups is 1. The first-order chi connectivity index (χ1) is 8.96. The SMILES string of the molecule is CC1(C)CCCN(C(=O)CCC2CCC(N)CC2)C1. The predicted molar refractivity (Wildman–Crippen MR) is 78.8 cm³/mol. The van der Waals surface area contributed by atoms with Crippen molar-refractivity contribution in [3.05, 3.63) is 0 Å². The summed E-state index contributed by atoms with van der Waals surface area (Å²) in [5.74, 6) is 1.11. The van der Waals surface area contributed by atoms with Gasteiger partial charge in [-0.15, -0.1) is 0 Å². The summed E-state index contributed by atoms with van der Waals surface area (Å²) in [6.07, 6.45) is 8.97. The topological polar surface area (TPSA) is 46.3 Å². The third-order valence-corrected chi connectivity index (χ3v) is 4.91. The van der Waals surface area contributed by atoms with E-state index in [1.165, 1.54) is 19.3 Å². The molecule has 1 heterocycles. The van der Waals surface area contributed by atoms with Gasteiger partial charge in [-0.1, -0.05) is 13.8 Å². The van der Waals surface area contributed by atoms with Crippen molar-refractivity contribution in [1.29, 1.82) is 0 Å². The Balaban J connectivity index is 1.72. The largest absolute Gasteiger partial charge is 0.342 e. The second-order valence-corrected chi connectivity index (χ2v) is 7.40. The minimum atomic E-state index is 0.311. The van der Waals surface area contributed by atoms with E-state index in [2.05, 4.69) is 18.7 Å². The minimum absolute atomic E-state index is 0.311. The van der Waals surface area contributed by atoms with E-state index in [9.17, 15) is 4.79 Å². The maximum Gasteiger partial charge on any atom is 0.222 e. The van der Waals surface area contributed by atoms with Crippen molar-refractivity contribution in [2.75, 3.05) is 13.1 Å². The van der Waals surface area contributed by atoms with Crippen LogP contribution in [0.15, 0.2) is 0 Å². The van der Waals surface area contributed by atoms with Gasteiger partial charge in [-0.05, 0) is 56.3 Å². The van der Waals surface area contributed by atoms with Crippen LogP contribution in [0.1, 0.15) is 65.2 Å². The van der Waals surface area contributed by atoms with Gasteiger partial charge in [0.05, 0.1) is 0 Å². The van der Waals surface area contributed by atoms with Crippen LogP contribution in [0.25, 0.3) is 0 Å². The van der Waals surface area contributed by atoms with E-state index < -0.39 is 0 Å². The first kappa shape index (κ1) is 14.8. The highest BCUT2D eigenvalue weighted by molar-refractivity contribution is 5.76. The van der Waals surface area contributed by atoms with E-state index in [0.29, 0.717) is 17.4 Å². The first-order valence-corrected chi connectivity index (χ1v) is 8.00. The van der Waals surface area contributed by atoms with Crippen molar-refractivity contribution in [3.8, 4) is 0 Å². The highest BCUT2D eigenvalue weighted by Gasteiger charge is 2.29. The summed E-state index contributed by atoms with van der Waals surface area (Å²) in [5, 5.41) is 0. The summed E-state index contributed by atoms with van der Waals surface area (Å²) in [4.78, 5) is 14.4. The smallest absolute Gasteiger partial charge is 0.222 e. The van der Waals surface area contributed by atoms with Gasteiger partial charge >= 0.3 is 0 Å². The highest BCUT2D eigenvalue weighted by Crippen LogP contribution is 2.30. The van der Waals surface area contributed by atoms with Crippen molar-refractivity contribution in [1.82, 2.24) is 4.90 Å². The number of hydrogen-bond donors (Lipinski definition) is 1. The Morgan fingerprint density at radius 2 is 1.95 bits per heavy atom. The lowest BCUT2D eigenvalue weighted by Crippen LogP contribution is -2.43. The fraction of sp³-hybridized carbons (Fsp3) is 0.938. The van der Waals surface area contributed by atoms with E-state index in [1.54, 1.807) is 0 Å². The number of hydrogen-bond acceptors (Lipinski definition) is 2. The van der Waals surface area contributed by atoms with Gasteiger partial charge in [-0.2, -0.15) is 0 Å². The first-order valence-electron chi connectivity index (χ1n) is 8.00. The number of nitrogens with two attached hydrogens (primary N) is 1. The zero-order chi connectivity index (χ0) is 13.9. The summed E-state index contributed by atoms with van der Waals surface area (Å²) in [6, 6.07) is 0.412. The van der Waals surface area contributed by atoms with Crippen LogP contribution in [0.2, 0.25) is 0 Å². The van der Waals surface area contributed by atoms with Gasteiger partial charge in [0, 0.05) is 25.6 Å². The fourth-order valence-corrected chi connectivity index (χ4v) is 3.60. The van der Waals surface area contributed by atoms with Gasteiger partial charge in [-0.3, -0.25) is 4.79 Å². The van der Waals surface area contributed by atoms with Gasteiger partial charge in [0.2, 0.25) is 5.91 Å². The van der Waals surface area contributed by atoms with Crippen LogP contribution in [0, 0.1) is 11.3 Å². The molecule has 0 aromatic heterocycles. The van der Waals surface area contributed by atoms with Crippen LogP contribution >= 0.6 is 0 Å². The summed E-state index contributed by atoms with van der Waals surface area (Å²) in [7, 11) is 0. The fourth-order valence-electron chi connectivity index (χ4n) is 3.60. The van der Waals surface area contributed by atoms with E-state index in [4.69, 9.17) is 5.73 Å². The quantitative estimate of drug-likeness (QED) is 0.853. The van der Waals surface area contributed by atoms with E-state index >= 15 is 0 Å². The van der Waals surface area contributed by atoms with Gasteiger partial charge in [0.1, 0.15) is 0 Å². The van der Waals surface area contributed by atoms with Crippen LogP contribution in [0.3, 0.4) is 0 Å². The molecule has 0 aromatic carbocycles. The number of likely N-dealkylation sites (tertiary alicyclic amines) is 1. The molecule has 110 valence electrons. The Morgan fingerprint density at radius 1 is 1.26 bits per heavy atom. The summed E-state index contributed by atoms with van der Waals surface area (Å²) in [6.45, 7) is 6.46. The molecule has 2 aliphatic rings. The lowest BCUT2D eigenvalue weighted by molar-refractivity contribution is -0.134. The van der Waals surface area contributed by atoms with Crippen LogP contribution in [-0.4, -0.2) is 29.9 Å². The molecule has 0 bridgehead atoms. The Morgan fingerprint density at radius 3 is 2.58 bits per heavy atom. The molecule has 0 atom stereocenters. The second kappa shape index (κ2) is 6.25. The van der Waals surface area contributed by atoms with Crippen molar-refractivity contribution in [3.63, 3.8) is 0 Å². The maximum atomic E-state index is 12.3. The molecule has 0 spiro atoms. The molecule has 3 heteroatoms. The third-order valence-electron chi connectivity index (χ3n) is 4.91. The van der Waals surface area contributed by atoms with Crippen LogP contribution in [0.4, 0.5) is 0 Å². The average Bonchev–Trinajstić information content (AvgIpc) is 2.36. The third kappa shape index (κ3) is 4.48. The molecular weight excluding hydrogens is 236 g/mol. The van der Waals surface area contributed by atoms with Crippen LogP contribution in [0.5, 0.6) is 0 Å². The second-order valence-electron chi connectivity index (χ2n) is 7.40. The van der Waals surface area contributed by atoms with Gasteiger partial charge in [-0.25, -0.2) is 0 Å². The molecule has 1 saturated heterocycles. The normalized spacial score (nSPS) is 31.2. The number of carbonyl (C=O) groups excluding carboxylic acids is 1. The molecule has 0 aromatic rings. The molecule has 1 aliphatic heterocycles. The Hall–Kier alpha value is -0.570. The number of nitrogens with zero attached hydrogens (tertiary/aromatic N) is 1. The number of rotatable bonds is 3. The van der Waals surface area contributed by atoms with Gasteiger partial charge in [0.25, 0.3) is 0 Å². The Bertz CT molecular complexity index is 306. The van der Waals surface area contributed by atoms with Crippen molar-refractivity contribution in [2.45, 2.75) is 71.3 Å². The monoisotopic (exact) mass is 266 g/mol. The van der Waals surface area contributed by atoms with Crippen molar-refractivity contribution >= 4 is 5.91 Å². The van der Waals surface area contributed by atoms with E-state index in [0.717, 1.165) is 51.1 Å². The number of amides is 1. The standard InChI is InChI=1S/C16H30N2O/c1-16(2)10-3-11-18(12-16)15(19)9-6-13-4-7-14(17)8-5-13/h13-14H,3-12,17H2,1-2H3. The molecule has 2 rings (SSSR count). The van der Waals surface area contributed by atoms with Gasteiger partial charge < -0.3 is 10.6 Å². The van der Waals surface area contributed by atoms with Crippen molar-refractivity contribution in [2.24, 2.45) is 17.1 Å². The predicted octanol–water partition coefficient (Wildman–Crippen LogP) is 2.93. The van der Waals surface area contributed by atoms with E-state index in [1.807, 2.05) is 0 Å². The van der Waals surface area contributed by atoms with E-state index in [-0.39, 0.29) is 0 Å². The molecular formula is C16H30N2O. The van der Waals surface area contributed by atoms with Gasteiger partial charge in [0.15, 0.2) is 0 Å². The molecule has 1 aliphatic carbocycles. The summed E-state index contributed by atoms with van der Waals surface area (Å²) >= 11 is 0. The zero-order valence-electron chi connectivity index (χ0n) is 12.7. The van der Waals surface area contributed by atoms with Crippen LogP contribution in [-0.2, 0) is 4.79 Å². The molecule has 0 unspecified atom stereocenters. The lowest BCUT2D eigenvalue weighted by Gasteiger charge is -2.38. The average molecular weight is 266 g/mol. The Labute approximate surface area is 117 Å². The minimum Gasteiger partial charge on any atom is -0.342 e. The summed E-state index contributed by atoms with van der Waals surface area (Å²) in [5.41, 5.74) is 6.24. The summed E-state index contributed by atoms with van der Waals surface area (Å²) < 4.78 is 0.